The van der Waals surface area contributed by atoms with Crippen molar-refractivity contribution in [3.63, 3.8) is 0 Å². The van der Waals surface area contributed by atoms with Crippen LogP contribution in [0.4, 0.5) is 5.69 Å². The molecule has 0 saturated carbocycles. The third kappa shape index (κ3) is 3.46. The Morgan fingerprint density at radius 3 is 2.71 bits per heavy atom. The Bertz CT molecular complexity index is 739. The maximum Gasteiger partial charge on any atom is 0.340 e. The molecule has 0 amide bonds. The summed E-state index contributed by atoms with van der Waals surface area (Å²) in [7, 11) is 0. The Hall–Kier alpha value is -2.22. The maximum atomic E-state index is 12.0. The highest BCUT2D eigenvalue weighted by Crippen LogP contribution is 2.24. The van der Waals surface area contributed by atoms with Crippen molar-refractivity contribution in [1.29, 1.82) is 5.26 Å². The fraction of sp³-hybridized carbons (Fsp3) is 0.0667. The van der Waals surface area contributed by atoms with Crippen LogP contribution < -0.4 is 5.73 Å². The van der Waals surface area contributed by atoms with Crippen molar-refractivity contribution in [2.75, 3.05) is 5.73 Å². The molecular weight excluding hydrogens is 311 g/mol. The lowest BCUT2D eigenvalue weighted by atomic mass is 10.1. The molecule has 0 fully saturated rings. The lowest BCUT2D eigenvalue weighted by molar-refractivity contribution is 0.0473. The number of nitrogen functional groups attached to an aromatic ring is 1. The largest absolute Gasteiger partial charge is 0.457 e. The van der Waals surface area contributed by atoms with E-state index in [9.17, 15) is 4.79 Å². The summed E-state index contributed by atoms with van der Waals surface area (Å²) in [6.07, 6.45) is 0. The number of rotatable bonds is 3. The molecular formula is C15H10Cl2N2O2. The lowest BCUT2D eigenvalue weighted by Gasteiger charge is -2.09. The van der Waals surface area contributed by atoms with Gasteiger partial charge in [-0.1, -0.05) is 35.3 Å². The van der Waals surface area contributed by atoms with Gasteiger partial charge in [0, 0.05) is 10.6 Å². The van der Waals surface area contributed by atoms with Gasteiger partial charge in [0.15, 0.2) is 0 Å². The van der Waals surface area contributed by atoms with E-state index in [-0.39, 0.29) is 17.2 Å². The molecule has 4 nitrogen and oxygen atoms in total. The van der Waals surface area contributed by atoms with Gasteiger partial charge in [-0.05, 0) is 24.3 Å². The highest BCUT2D eigenvalue weighted by atomic mass is 35.5. The number of carbonyl (C=O) groups is 1. The van der Waals surface area contributed by atoms with Gasteiger partial charge in [0.25, 0.3) is 0 Å². The van der Waals surface area contributed by atoms with Crippen molar-refractivity contribution in [2.45, 2.75) is 6.61 Å². The van der Waals surface area contributed by atoms with Crippen molar-refractivity contribution < 1.29 is 9.53 Å². The average Bonchev–Trinajstić information content (AvgIpc) is 2.48. The number of ether oxygens (including phenoxy) is 1. The zero-order chi connectivity index (χ0) is 15.4. The Labute approximate surface area is 131 Å². The quantitative estimate of drug-likeness (QED) is 0.689. The SMILES string of the molecule is N#Cc1ccc(COC(=O)c2cccc(N)c2Cl)c(Cl)c1. The fourth-order valence-corrected chi connectivity index (χ4v) is 2.10. The van der Waals surface area contributed by atoms with E-state index in [2.05, 4.69) is 0 Å². The first-order valence-corrected chi connectivity index (χ1v) is 6.68. The maximum absolute atomic E-state index is 12.0. The van der Waals surface area contributed by atoms with Gasteiger partial charge in [-0.15, -0.1) is 0 Å². The predicted octanol–water partition coefficient (Wildman–Crippen LogP) is 3.80. The second-order valence-electron chi connectivity index (χ2n) is 4.20. The topological polar surface area (TPSA) is 76.1 Å². The number of hydrogen-bond acceptors (Lipinski definition) is 4. The molecule has 2 aromatic rings. The van der Waals surface area contributed by atoms with E-state index in [1.54, 1.807) is 24.3 Å². The molecule has 0 saturated heterocycles. The molecule has 106 valence electrons. The van der Waals surface area contributed by atoms with Crippen LogP contribution in [0.25, 0.3) is 0 Å². The standard InChI is InChI=1S/C15H10Cl2N2O2/c16-12-6-9(7-18)4-5-10(12)8-21-15(20)11-2-1-3-13(19)14(11)17/h1-6H,8,19H2. The molecule has 21 heavy (non-hydrogen) atoms. The van der Waals surface area contributed by atoms with Crippen LogP contribution in [0, 0.1) is 11.3 Å². The van der Waals surface area contributed by atoms with Gasteiger partial charge in [0.2, 0.25) is 0 Å². The predicted molar refractivity (Wildman–Crippen MR) is 81.2 cm³/mol. The highest BCUT2D eigenvalue weighted by molar-refractivity contribution is 6.36. The van der Waals surface area contributed by atoms with Crippen LogP contribution in [-0.2, 0) is 11.3 Å². The van der Waals surface area contributed by atoms with Gasteiger partial charge in [-0.2, -0.15) is 5.26 Å². The second kappa shape index (κ2) is 6.49. The zero-order valence-electron chi connectivity index (χ0n) is 10.8. The van der Waals surface area contributed by atoms with Crippen LogP contribution in [0.5, 0.6) is 0 Å². The molecule has 2 aromatic carbocycles. The van der Waals surface area contributed by atoms with E-state index in [1.807, 2.05) is 6.07 Å². The molecule has 0 radical (unpaired) electrons. The van der Waals surface area contributed by atoms with Crippen LogP contribution in [0.15, 0.2) is 36.4 Å². The van der Waals surface area contributed by atoms with Crippen LogP contribution in [0.2, 0.25) is 10.0 Å². The van der Waals surface area contributed by atoms with Crippen molar-refractivity contribution in [1.82, 2.24) is 0 Å². The van der Waals surface area contributed by atoms with E-state index >= 15 is 0 Å². The zero-order valence-corrected chi connectivity index (χ0v) is 12.3. The van der Waals surface area contributed by atoms with Crippen LogP contribution in [0.3, 0.4) is 0 Å². The summed E-state index contributed by atoms with van der Waals surface area (Å²) in [5.74, 6) is -0.590. The molecule has 0 heterocycles. The van der Waals surface area contributed by atoms with E-state index < -0.39 is 5.97 Å². The molecule has 2 rings (SSSR count). The number of benzene rings is 2. The van der Waals surface area contributed by atoms with Crippen molar-refractivity contribution in [3.8, 4) is 6.07 Å². The summed E-state index contributed by atoms with van der Waals surface area (Å²) < 4.78 is 5.16. The van der Waals surface area contributed by atoms with Crippen LogP contribution in [0.1, 0.15) is 21.5 Å². The van der Waals surface area contributed by atoms with Crippen LogP contribution in [-0.4, -0.2) is 5.97 Å². The minimum atomic E-state index is -0.590. The lowest BCUT2D eigenvalue weighted by Crippen LogP contribution is -2.07. The van der Waals surface area contributed by atoms with Crippen molar-refractivity contribution >= 4 is 34.9 Å². The number of halogens is 2. The molecule has 2 N–H and O–H groups in total. The number of anilines is 1. The van der Waals surface area contributed by atoms with E-state index in [1.165, 1.54) is 12.1 Å². The number of nitrogens with two attached hydrogens (primary N) is 1. The van der Waals surface area contributed by atoms with E-state index in [4.69, 9.17) is 38.9 Å². The van der Waals surface area contributed by atoms with Gasteiger partial charge in [0.1, 0.15) is 6.61 Å². The first-order chi connectivity index (χ1) is 10.0. The van der Waals surface area contributed by atoms with Gasteiger partial charge in [-0.3, -0.25) is 0 Å². The second-order valence-corrected chi connectivity index (χ2v) is 4.99. The van der Waals surface area contributed by atoms with E-state index in [0.717, 1.165) is 0 Å². The van der Waals surface area contributed by atoms with Gasteiger partial charge < -0.3 is 10.5 Å². The summed E-state index contributed by atoms with van der Waals surface area (Å²) >= 11 is 12.0. The van der Waals surface area contributed by atoms with E-state index in [0.29, 0.717) is 21.8 Å². The molecule has 0 spiro atoms. The Morgan fingerprint density at radius 1 is 1.29 bits per heavy atom. The molecule has 0 aliphatic carbocycles. The van der Waals surface area contributed by atoms with Crippen molar-refractivity contribution in [3.05, 3.63) is 63.1 Å². The Morgan fingerprint density at radius 2 is 2.05 bits per heavy atom. The number of nitriles is 1. The third-order valence-electron chi connectivity index (χ3n) is 2.79. The van der Waals surface area contributed by atoms with Gasteiger partial charge in [-0.25, -0.2) is 4.79 Å². The van der Waals surface area contributed by atoms with Gasteiger partial charge in [0.05, 0.1) is 27.9 Å². The smallest absolute Gasteiger partial charge is 0.340 e. The normalized spacial score (nSPS) is 9.95. The summed E-state index contributed by atoms with van der Waals surface area (Å²) in [4.78, 5) is 12.0. The minimum Gasteiger partial charge on any atom is -0.457 e. The number of carbonyl (C=O) groups excluding carboxylic acids is 1. The number of hydrogen-bond donors (Lipinski definition) is 1. The van der Waals surface area contributed by atoms with Gasteiger partial charge >= 0.3 is 5.97 Å². The Kier molecular flexibility index (Phi) is 4.69. The monoisotopic (exact) mass is 320 g/mol. The summed E-state index contributed by atoms with van der Waals surface area (Å²) in [6.45, 7) is -0.0193. The third-order valence-corrected chi connectivity index (χ3v) is 3.56. The van der Waals surface area contributed by atoms with Crippen molar-refractivity contribution in [2.24, 2.45) is 0 Å². The summed E-state index contributed by atoms with van der Waals surface area (Å²) in [5, 5.41) is 9.28. The molecule has 0 aliphatic heterocycles. The number of esters is 1. The molecule has 6 heteroatoms. The average molecular weight is 321 g/mol. The first-order valence-electron chi connectivity index (χ1n) is 5.92. The minimum absolute atomic E-state index is 0.0193. The highest BCUT2D eigenvalue weighted by Gasteiger charge is 2.14. The molecule has 0 aliphatic rings. The number of nitrogens with zero attached hydrogens (tertiary/aromatic N) is 1. The fourth-order valence-electron chi connectivity index (χ4n) is 1.66. The Balaban J connectivity index is 2.11. The molecule has 0 aromatic heterocycles. The first kappa shape index (κ1) is 15.2. The summed E-state index contributed by atoms with van der Waals surface area (Å²) in [6, 6.07) is 11.5. The molecule has 0 unspecified atom stereocenters. The summed E-state index contributed by atoms with van der Waals surface area (Å²) in [5.41, 5.74) is 7.17. The molecule has 0 bridgehead atoms. The molecule has 0 atom stereocenters. The van der Waals surface area contributed by atoms with Crippen LogP contribution >= 0.6 is 23.2 Å².